The highest BCUT2D eigenvalue weighted by atomic mass is 35.5. The average Bonchev–Trinajstić information content (AvgIpc) is 2.05. The summed E-state index contributed by atoms with van der Waals surface area (Å²) in [4.78, 5) is 0. The van der Waals surface area contributed by atoms with E-state index in [9.17, 15) is 0 Å². The van der Waals surface area contributed by atoms with Crippen molar-refractivity contribution in [2.75, 3.05) is 0 Å². The molecule has 0 aliphatic heterocycles. The Hall–Kier alpha value is 1.02. The molecule has 1 fully saturated rings. The molecular formula is C9H20ClMgN. The molecule has 0 unspecified atom stereocenters. The molecule has 0 radical (unpaired) electrons. The Kier molecular flexibility index (Phi) is 7.01. The zero-order chi connectivity index (χ0) is 8.27. The van der Waals surface area contributed by atoms with Gasteiger partial charge < -0.3 is 0 Å². The van der Waals surface area contributed by atoms with Gasteiger partial charge >= 0.3 is 23.1 Å². The topological polar surface area (TPSA) is 3.24 Å². The molecule has 0 aromatic rings. The zero-order valence-corrected chi connectivity index (χ0v) is 8.27. The maximum atomic E-state index is 6.13. The standard InChI is InChI=1S/C9H18ClN.Mg.2H/c1-8(2)11(10)9-6-4-3-5-7-9;;;/h8-9H,3-7H2,1-2H3;;;. The van der Waals surface area contributed by atoms with Gasteiger partial charge in [-0.3, -0.25) is 0 Å². The highest BCUT2D eigenvalue weighted by Gasteiger charge is 2.21. The predicted octanol–water partition coefficient (Wildman–Crippen LogP) is 2.27. The molecule has 12 heavy (non-hydrogen) atoms. The van der Waals surface area contributed by atoms with E-state index in [0.717, 1.165) is 0 Å². The van der Waals surface area contributed by atoms with Crippen LogP contribution in [0.2, 0.25) is 0 Å². The van der Waals surface area contributed by atoms with Crippen LogP contribution in [0.25, 0.3) is 0 Å². The molecule has 0 aromatic heterocycles. The molecule has 1 nitrogen and oxygen atoms in total. The third-order valence-electron chi connectivity index (χ3n) is 2.42. The maximum Gasteiger partial charge on any atom is 0.316 e. The first-order valence-electron chi connectivity index (χ1n) is 4.66. The summed E-state index contributed by atoms with van der Waals surface area (Å²) in [6.07, 6.45) is 6.71. The van der Waals surface area contributed by atoms with Crippen LogP contribution in [0.15, 0.2) is 0 Å². The van der Waals surface area contributed by atoms with E-state index in [1.165, 1.54) is 32.1 Å². The number of hydrogen-bond acceptors (Lipinski definition) is 1. The van der Waals surface area contributed by atoms with Crippen LogP contribution in [0.3, 0.4) is 0 Å². The van der Waals surface area contributed by atoms with Crippen LogP contribution in [-0.4, -0.2) is 39.6 Å². The number of hydrogen-bond donors (Lipinski definition) is 0. The number of rotatable bonds is 2. The third-order valence-corrected chi connectivity index (χ3v) is 3.08. The molecule has 0 atom stereocenters. The largest absolute Gasteiger partial charge is 0.316 e. The number of nitrogens with zero attached hydrogens (tertiary/aromatic N) is 1. The minimum absolute atomic E-state index is 0. The molecular weight excluding hydrogens is 182 g/mol. The van der Waals surface area contributed by atoms with E-state index in [1.54, 1.807) is 0 Å². The molecule has 0 spiro atoms. The van der Waals surface area contributed by atoms with Gasteiger partial charge in [0.25, 0.3) is 0 Å². The fourth-order valence-electron chi connectivity index (χ4n) is 1.75. The SMILES string of the molecule is CC(C)N(Cl)C1CCCCC1.[MgH2]. The van der Waals surface area contributed by atoms with Gasteiger partial charge in [-0.15, -0.1) is 0 Å². The second-order valence-electron chi connectivity index (χ2n) is 3.73. The van der Waals surface area contributed by atoms with E-state index >= 15 is 0 Å². The lowest BCUT2D eigenvalue weighted by atomic mass is 9.95. The Bertz CT molecular complexity index is 113. The molecule has 0 N–H and O–H groups in total. The van der Waals surface area contributed by atoms with Gasteiger partial charge in [-0.25, -0.2) is 4.42 Å². The van der Waals surface area contributed by atoms with Crippen molar-refractivity contribution < 1.29 is 0 Å². The quantitative estimate of drug-likeness (QED) is 0.490. The van der Waals surface area contributed by atoms with Crippen molar-refractivity contribution in [1.82, 2.24) is 4.42 Å². The van der Waals surface area contributed by atoms with E-state index in [2.05, 4.69) is 13.8 Å². The molecule has 3 heteroatoms. The van der Waals surface area contributed by atoms with Gasteiger partial charge in [0, 0.05) is 12.1 Å². The van der Waals surface area contributed by atoms with Crippen LogP contribution in [-0.2, 0) is 0 Å². The highest BCUT2D eigenvalue weighted by Crippen LogP contribution is 2.25. The van der Waals surface area contributed by atoms with Gasteiger partial charge in [0.1, 0.15) is 0 Å². The summed E-state index contributed by atoms with van der Waals surface area (Å²) < 4.78 is 2.00. The average molecular weight is 202 g/mol. The van der Waals surface area contributed by atoms with Crippen LogP contribution in [0.4, 0.5) is 0 Å². The van der Waals surface area contributed by atoms with Gasteiger partial charge in [0.2, 0.25) is 0 Å². The minimum atomic E-state index is 0. The Balaban J connectivity index is 0.00000121. The Morgan fingerprint density at radius 3 is 2.08 bits per heavy atom. The molecule has 1 aliphatic rings. The summed E-state index contributed by atoms with van der Waals surface area (Å²) in [6.45, 7) is 4.31. The summed E-state index contributed by atoms with van der Waals surface area (Å²) in [5.74, 6) is 0. The smallest absolute Gasteiger partial charge is 0.215 e. The maximum absolute atomic E-state index is 6.13. The number of halogens is 1. The van der Waals surface area contributed by atoms with Gasteiger partial charge in [-0.1, -0.05) is 19.3 Å². The lowest BCUT2D eigenvalue weighted by molar-refractivity contribution is 0.229. The van der Waals surface area contributed by atoms with Crippen molar-refractivity contribution in [3.8, 4) is 0 Å². The third kappa shape index (κ3) is 3.82. The summed E-state index contributed by atoms with van der Waals surface area (Å²) >= 11 is 6.13. The minimum Gasteiger partial charge on any atom is -0.215 e. The molecule has 70 valence electrons. The van der Waals surface area contributed by atoms with Crippen LogP contribution in [0, 0.1) is 0 Å². The van der Waals surface area contributed by atoms with Crippen molar-refractivity contribution in [1.29, 1.82) is 0 Å². The lowest BCUT2D eigenvalue weighted by Gasteiger charge is -2.31. The van der Waals surface area contributed by atoms with Crippen LogP contribution >= 0.6 is 11.8 Å². The van der Waals surface area contributed by atoms with E-state index in [1.807, 2.05) is 4.42 Å². The van der Waals surface area contributed by atoms with Crippen molar-refractivity contribution in [2.45, 2.75) is 58.0 Å². The fraction of sp³-hybridized carbons (Fsp3) is 1.00. The zero-order valence-electron chi connectivity index (χ0n) is 7.52. The fourth-order valence-corrected chi connectivity index (χ4v) is 1.94. The summed E-state index contributed by atoms with van der Waals surface area (Å²) in [7, 11) is 0. The second kappa shape index (κ2) is 6.47. The molecule has 1 aliphatic carbocycles. The molecule has 1 saturated carbocycles. The Labute approximate surface area is 97.1 Å². The van der Waals surface area contributed by atoms with Crippen molar-refractivity contribution in [2.24, 2.45) is 0 Å². The Morgan fingerprint density at radius 2 is 1.67 bits per heavy atom. The molecule has 0 heterocycles. The van der Waals surface area contributed by atoms with Gasteiger partial charge in [-0.2, -0.15) is 0 Å². The van der Waals surface area contributed by atoms with Crippen LogP contribution in [0.5, 0.6) is 0 Å². The molecule has 0 aromatic carbocycles. The first-order chi connectivity index (χ1) is 5.22. The van der Waals surface area contributed by atoms with Crippen LogP contribution in [0.1, 0.15) is 46.0 Å². The summed E-state index contributed by atoms with van der Waals surface area (Å²) in [5, 5.41) is 0. The lowest BCUT2D eigenvalue weighted by Crippen LogP contribution is -2.34. The normalized spacial score (nSPS) is 19.8. The van der Waals surface area contributed by atoms with Gasteiger partial charge in [0.15, 0.2) is 0 Å². The van der Waals surface area contributed by atoms with E-state index in [0.29, 0.717) is 12.1 Å². The van der Waals surface area contributed by atoms with Crippen molar-refractivity contribution >= 4 is 34.8 Å². The Morgan fingerprint density at radius 1 is 1.17 bits per heavy atom. The van der Waals surface area contributed by atoms with Gasteiger partial charge in [0.05, 0.1) is 0 Å². The second-order valence-corrected chi connectivity index (χ2v) is 4.12. The molecule has 0 saturated heterocycles. The van der Waals surface area contributed by atoms with E-state index in [4.69, 9.17) is 11.8 Å². The monoisotopic (exact) mass is 201 g/mol. The van der Waals surface area contributed by atoms with Crippen molar-refractivity contribution in [3.63, 3.8) is 0 Å². The van der Waals surface area contributed by atoms with E-state index in [-0.39, 0.29) is 23.1 Å². The molecule has 0 bridgehead atoms. The summed E-state index contributed by atoms with van der Waals surface area (Å²) in [5.41, 5.74) is 0. The molecule has 0 amide bonds. The predicted molar refractivity (Wildman–Crippen MR) is 58.2 cm³/mol. The summed E-state index contributed by atoms with van der Waals surface area (Å²) in [6, 6.07) is 1.13. The first-order valence-corrected chi connectivity index (χ1v) is 4.99. The van der Waals surface area contributed by atoms with Crippen molar-refractivity contribution in [3.05, 3.63) is 0 Å². The van der Waals surface area contributed by atoms with Gasteiger partial charge in [-0.05, 0) is 38.5 Å². The highest BCUT2D eigenvalue weighted by molar-refractivity contribution is 6.13. The van der Waals surface area contributed by atoms with Crippen LogP contribution < -0.4 is 0 Å². The van der Waals surface area contributed by atoms with E-state index < -0.39 is 0 Å². The molecule has 1 rings (SSSR count). The first kappa shape index (κ1) is 13.0.